The Morgan fingerprint density at radius 3 is 2.40 bits per heavy atom. The molecular weight excluding hydrogens is 250 g/mol. The van der Waals surface area contributed by atoms with E-state index in [0.29, 0.717) is 12.1 Å². The van der Waals surface area contributed by atoms with Crippen molar-refractivity contribution < 1.29 is 4.79 Å². The quantitative estimate of drug-likeness (QED) is 0.933. The summed E-state index contributed by atoms with van der Waals surface area (Å²) in [5.41, 5.74) is 3.03. The van der Waals surface area contributed by atoms with Crippen LogP contribution in [0.3, 0.4) is 0 Å². The number of carbonyl (C=O) groups is 1. The molecule has 1 aromatic heterocycles. The van der Waals surface area contributed by atoms with Crippen molar-refractivity contribution in [1.82, 2.24) is 15.1 Å². The monoisotopic (exact) mass is 271 g/mol. The summed E-state index contributed by atoms with van der Waals surface area (Å²) in [7, 11) is 1.80. The molecule has 0 bridgehead atoms. The summed E-state index contributed by atoms with van der Waals surface area (Å²) < 4.78 is 0. The van der Waals surface area contributed by atoms with Crippen molar-refractivity contribution in [3.63, 3.8) is 0 Å². The smallest absolute Gasteiger partial charge is 0.253 e. The zero-order valence-electron chi connectivity index (χ0n) is 12.5. The lowest BCUT2D eigenvalue weighted by Crippen LogP contribution is -2.26. The predicted octanol–water partition coefficient (Wildman–Crippen LogP) is 2.98. The van der Waals surface area contributed by atoms with E-state index in [1.807, 2.05) is 24.3 Å². The molecule has 1 heterocycles. The van der Waals surface area contributed by atoms with E-state index in [1.54, 1.807) is 24.3 Å². The zero-order valence-corrected chi connectivity index (χ0v) is 12.5. The lowest BCUT2D eigenvalue weighted by atomic mass is 9.86. The second-order valence-electron chi connectivity index (χ2n) is 6.10. The Morgan fingerprint density at radius 1 is 1.25 bits per heavy atom. The normalized spacial score (nSPS) is 11.4. The third-order valence-corrected chi connectivity index (χ3v) is 3.32. The first kappa shape index (κ1) is 14.3. The first-order valence-corrected chi connectivity index (χ1v) is 6.71. The van der Waals surface area contributed by atoms with Gasteiger partial charge < -0.3 is 4.90 Å². The van der Waals surface area contributed by atoms with Gasteiger partial charge in [0.1, 0.15) is 0 Å². The summed E-state index contributed by atoms with van der Waals surface area (Å²) in [6.07, 6.45) is 3.53. The number of aromatic nitrogens is 2. The highest BCUT2D eigenvalue weighted by atomic mass is 16.2. The standard InChI is InChI=1S/C16H21N3O/c1-16(2,3)14-7-5-13(6-8-14)15(20)19(4)11-12-9-17-18-10-12/h5-10H,11H2,1-4H3,(H,17,18). The highest BCUT2D eigenvalue weighted by molar-refractivity contribution is 5.94. The SMILES string of the molecule is CN(Cc1cn[nH]c1)C(=O)c1ccc(C(C)(C)C)cc1. The van der Waals surface area contributed by atoms with Crippen molar-refractivity contribution in [2.24, 2.45) is 0 Å². The summed E-state index contributed by atoms with van der Waals surface area (Å²) in [6.45, 7) is 7.04. The third kappa shape index (κ3) is 3.26. The Labute approximate surface area is 119 Å². The number of nitrogens with zero attached hydrogens (tertiary/aromatic N) is 2. The minimum atomic E-state index is 0.0201. The summed E-state index contributed by atoms with van der Waals surface area (Å²) in [5.74, 6) is 0.0201. The number of benzene rings is 1. The van der Waals surface area contributed by atoms with Gasteiger partial charge in [-0.2, -0.15) is 5.10 Å². The fraction of sp³-hybridized carbons (Fsp3) is 0.375. The fourth-order valence-corrected chi connectivity index (χ4v) is 2.04. The van der Waals surface area contributed by atoms with E-state index in [4.69, 9.17) is 0 Å². The van der Waals surface area contributed by atoms with Gasteiger partial charge in [-0.25, -0.2) is 0 Å². The van der Waals surface area contributed by atoms with Gasteiger partial charge >= 0.3 is 0 Å². The van der Waals surface area contributed by atoms with Crippen LogP contribution < -0.4 is 0 Å². The van der Waals surface area contributed by atoms with E-state index in [9.17, 15) is 4.79 Å². The van der Waals surface area contributed by atoms with Crippen LogP contribution in [0, 0.1) is 0 Å². The summed E-state index contributed by atoms with van der Waals surface area (Å²) >= 11 is 0. The first-order chi connectivity index (χ1) is 9.38. The van der Waals surface area contributed by atoms with Gasteiger partial charge in [-0.15, -0.1) is 0 Å². The molecule has 0 saturated carbocycles. The van der Waals surface area contributed by atoms with E-state index in [0.717, 1.165) is 5.56 Å². The number of hydrogen-bond acceptors (Lipinski definition) is 2. The van der Waals surface area contributed by atoms with Crippen LogP contribution in [0.5, 0.6) is 0 Å². The van der Waals surface area contributed by atoms with Gasteiger partial charge in [0.05, 0.1) is 6.20 Å². The minimum absolute atomic E-state index is 0.0201. The fourth-order valence-electron chi connectivity index (χ4n) is 2.04. The van der Waals surface area contributed by atoms with E-state index in [-0.39, 0.29) is 11.3 Å². The molecule has 2 aromatic rings. The van der Waals surface area contributed by atoms with Crippen LogP contribution in [0.2, 0.25) is 0 Å². The van der Waals surface area contributed by atoms with Crippen molar-refractivity contribution in [2.75, 3.05) is 7.05 Å². The molecule has 20 heavy (non-hydrogen) atoms. The van der Waals surface area contributed by atoms with Gasteiger partial charge in [-0.3, -0.25) is 9.89 Å². The molecule has 0 atom stereocenters. The molecule has 4 heteroatoms. The summed E-state index contributed by atoms with van der Waals surface area (Å²) in [6, 6.07) is 7.85. The second kappa shape index (κ2) is 5.49. The van der Waals surface area contributed by atoms with Crippen molar-refractivity contribution in [3.8, 4) is 0 Å². The Hall–Kier alpha value is -2.10. The van der Waals surface area contributed by atoms with Gasteiger partial charge in [-0.05, 0) is 23.1 Å². The molecule has 0 fully saturated rings. The maximum absolute atomic E-state index is 12.3. The largest absolute Gasteiger partial charge is 0.337 e. The van der Waals surface area contributed by atoms with Crippen LogP contribution in [-0.2, 0) is 12.0 Å². The van der Waals surface area contributed by atoms with Crippen LogP contribution >= 0.6 is 0 Å². The van der Waals surface area contributed by atoms with Crippen LogP contribution in [0.15, 0.2) is 36.7 Å². The Balaban J connectivity index is 2.09. The van der Waals surface area contributed by atoms with E-state index in [1.165, 1.54) is 5.56 Å². The van der Waals surface area contributed by atoms with Crippen LogP contribution in [0.4, 0.5) is 0 Å². The van der Waals surface area contributed by atoms with Gasteiger partial charge in [0.25, 0.3) is 5.91 Å². The van der Waals surface area contributed by atoms with Crippen molar-refractivity contribution in [2.45, 2.75) is 32.7 Å². The van der Waals surface area contributed by atoms with Crippen LogP contribution in [-0.4, -0.2) is 28.1 Å². The van der Waals surface area contributed by atoms with E-state index in [2.05, 4.69) is 31.0 Å². The Bertz CT molecular complexity index is 565. The van der Waals surface area contributed by atoms with Gasteiger partial charge in [0.2, 0.25) is 0 Å². The molecule has 0 aliphatic heterocycles. The summed E-state index contributed by atoms with van der Waals surface area (Å²) in [4.78, 5) is 14.0. The molecule has 1 aromatic carbocycles. The van der Waals surface area contributed by atoms with Gasteiger partial charge in [-0.1, -0.05) is 32.9 Å². The number of H-pyrrole nitrogens is 1. The molecule has 0 aliphatic rings. The number of hydrogen-bond donors (Lipinski definition) is 1. The molecule has 0 saturated heterocycles. The third-order valence-electron chi connectivity index (χ3n) is 3.32. The molecule has 1 amide bonds. The molecule has 4 nitrogen and oxygen atoms in total. The maximum atomic E-state index is 12.3. The van der Waals surface area contributed by atoms with Crippen LogP contribution in [0.1, 0.15) is 42.3 Å². The Kier molecular flexibility index (Phi) is 3.93. The van der Waals surface area contributed by atoms with Crippen molar-refractivity contribution in [3.05, 3.63) is 53.3 Å². The number of rotatable bonds is 3. The average Bonchev–Trinajstić information content (AvgIpc) is 2.90. The molecule has 2 rings (SSSR count). The topological polar surface area (TPSA) is 49.0 Å². The molecule has 0 spiro atoms. The van der Waals surface area contributed by atoms with Gasteiger partial charge in [0.15, 0.2) is 0 Å². The number of aromatic amines is 1. The zero-order chi connectivity index (χ0) is 14.8. The minimum Gasteiger partial charge on any atom is -0.337 e. The van der Waals surface area contributed by atoms with E-state index < -0.39 is 0 Å². The summed E-state index contributed by atoms with van der Waals surface area (Å²) in [5, 5.41) is 6.63. The van der Waals surface area contributed by atoms with Gasteiger partial charge in [0, 0.05) is 30.9 Å². The van der Waals surface area contributed by atoms with Crippen LogP contribution in [0.25, 0.3) is 0 Å². The molecular formula is C16H21N3O. The van der Waals surface area contributed by atoms with Crippen molar-refractivity contribution in [1.29, 1.82) is 0 Å². The number of nitrogens with one attached hydrogen (secondary N) is 1. The Morgan fingerprint density at radius 2 is 1.90 bits per heavy atom. The molecule has 0 radical (unpaired) electrons. The average molecular weight is 271 g/mol. The lowest BCUT2D eigenvalue weighted by molar-refractivity contribution is 0.0785. The lowest BCUT2D eigenvalue weighted by Gasteiger charge is -2.20. The maximum Gasteiger partial charge on any atom is 0.253 e. The molecule has 1 N–H and O–H groups in total. The first-order valence-electron chi connectivity index (χ1n) is 6.71. The highest BCUT2D eigenvalue weighted by Gasteiger charge is 2.16. The number of amides is 1. The molecule has 0 aliphatic carbocycles. The second-order valence-corrected chi connectivity index (χ2v) is 6.10. The molecule has 0 unspecified atom stereocenters. The highest BCUT2D eigenvalue weighted by Crippen LogP contribution is 2.22. The van der Waals surface area contributed by atoms with Crippen molar-refractivity contribution >= 4 is 5.91 Å². The van der Waals surface area contributed by atoms with E-state index >= 15 is 0 Å². The predicted molar refractivity (Wildman–Crippen MR) is 79.5 cm³/mol. The number of carbonyl (C=O) groups excluding carboxylic acids is 1. The molecule has 106 valence electrons.